The third-order valence-electron chi connectivity index (χ3n) is 4.38. The summed E-state index contributed by atoms with van der Waals surface area (Å²) in [6.07, 6.45) is 4.51. The summed E-state index contributed by atoms with van der Waals surface area (Å²) < 4.78 is 10.9. The number of carbonyl (C=O) groups is 1. The third kappa shape index (κ3) is 3.71. The molecule has 0 radical (unpaired) electrons. The quantitative estimate of drug-likeness (QED) is 0.711. The van der Waals surface area contributed by atoms with Gasteiger partial charge in [-0.05, 0) is 45.4 Å². The SMILES string of the molecule is CCOC(=O)C(N)(CN1CCC(OCC)CC1)C1CC1. The second-order valence-corrected chi connectivity index (χ2v) is 5.97. The molecule has 0 amide bonds. The maximum absolute atomic E-state index is 12.2. The number of esters is 1. The molecule has 1 heterocycles. The number of likely N-dealkylation sites (tertiary alicyclic amines) is 1. The first-order chi connectivity index (χ1) is 9.60. The number of carbonyl (C=O) groups excluding carboxylic acids is 1. The van der Waals surface area contributed by atoms with E-state index >= 15 is 0 Å². The molecule has 0 bridgehead atoms. The summed E-state index contributed by atoms with van der Waals surface area (Å²) >= 11 is 0. The maximum Gasteiger partial charge on any atom is 0.327 e. The molecule has 1 atom stereocenters. The van der Waals surface area contributed by atoms with Crippen LogP contribution in [0, 0.1) is 5.92 Å². The van der Waals surface area contributed by atoms with E-state index in [0.29, 0.717) is 25.2 Å². The molecule has 5 nitrogen and oxygen atoms in total. The largest absolute Gasteiger partial charge is 0.465 e. The van der Waals surface area contributed by atoms with E-state index in [4.69, 9.17) is 15.2 Å². The summed E-state index contributed by atoms with van der Waals surface area (Å²) in [5, 5.41) is 0. The van der Waals surface area contributed by atoms with E-state index in [1.807, 2.05) is 13.8 Å². The minimum Gasteiger partial charge on any atom is -0.465 e. The highest BCUT2D eigenvalue weighted by atomic mass is 16.5. The fourth-order valence-electron chi connectivity index (χ4n) is 3.06. The van der Waals surface area contributed by atoms with Crippen LogP contribution in [0.5, 0.6) is 0 Å². The Labute approximate surface area is 121 Å². The van der Waals surface area contributed by atoms with Gasteiger partial charge in [-0.3, -0.25) is 0 Å². The van der Waals surface area contributed by atoms with E-state index in [2.05, 4.69) is 4.90 Å². The van der Waals surface area contributed by atoms with E-state index < -0.39 is 5.54 Å². The second kappa shape index (κ2) is 6.87. The molecule has 1 saturated carbocycles. The van der Waals surface area contributed by atoms with Crippen molar-refractivity contribution in [2.45, 2.75) is 51.2 Å². The van der Waals surface area contributed by atoms with Crippen molar-refractivity contribution in [1.29, 1.82) is 0 Å². The second-order valence-electron chi connectivity index (χ2n) is 5.97. The standard InChI is InChI=1S/C15H28N2O3/c1-3-19-13-7-9-17(10-8-13)11-15(16,12-5-6-12)14(18)20-4-2/h12-13H,3-11,16H2,1-2H3. The molecular weight excluding hydrogens is 256 g/mol. The van der Waals surface area contributed by atoms with Crippen LogP contribution in [0.15, 0.2) is 0 Å². The van der Waals surface area contributed by atoms with Crippen molar-refractivity contribution in [3.05, 3.63) is 0 Å². The molecule has 2 aliphatic rings. The highest BCUT2D eigenvalue weighted by Crippen LogP contribution is 2.39. The monoisotopic (exact) mass is 284 g/mol. The summed E-state index contributed by atoms with van der Waals surface area (Å²) in [4.78, 5) is 14.5. The number of rotatable bonds is 7. The highest BCUT2D eigenvalue weighted by molar-refractivity contribution is 5.82. The van der Waals surface area contributed by atoms with Gasteiger partial charge in [0.1, 0.15) is 5.54 Å². The van der Waals surface area contributed by atoms with E-state index in [-0.39, 0.29) is 5.97 Å². The fourth-order valence-corrected chi connectivity index (χ4v) is 3.06. The predicted octanol–water partition coefficient (Wildman–Crippen LogP) is 1.16. The average Bonchev–Trinajstić information content (AvgIpc) is 3.26. The first kappa shape index (κ1) is 15.7. The lowest BCUT2D eigenvalue weighted by atomic mass is 9.92. The molecule has 1 unspecified atom stereocenters. The maximum atomic E-state index is 12.2. The molecule has 0 aromatic heterocycles. The Hall–Kier alpha value is -0.650. The third-order valence-corrected chi connectivity index (χ3v) is 4.38. The lowest BCUT2D eigenvalue weighted by Crippen LogP contribution is -2.59. The zero-order valence-electron chi connectivity index (χ0n) is 12.8. The Morgan fingerprint density at radius 2 is 1.85 bits per heavy atom. The number of nitrogens with zero attached hydrogens (tertiary/aromatic N) is 1. The lowest BCUT2D eigenvalue weighted by Gasteiger charge is -2.37. The predicted molar refractivity (Wildman–Crippen MR) is 77.4 cm³/mol. The number of ether oxygens (including phenoxy) is 2. The fraction of sp³-hybridized carbons (Fsp3) is 0.933. The van der Waals surface area contributed by atoms with Gasteiger partial charge in [0.15, 0.2) is 0 Å². The van der Waals surface area contributed by atoms with E-state index in [1.54, 1.807) is 0 Å². The molecule has 0 aromatic rings. The van der Waals surface area contributed by atoms with Gasteiger partial charge in [0.2, 0.25) is 0 Å². The first-order valence-electron chi connectivity index (χ1n) is 7.90. The Balaban J connectivity index is 1.88. The molecule has 0 aromatic carbocycles. The summed E-state index contributed by atoms with van der Waals surface area (Å²) in [7, 11) is 0. The van der Waals surface area contributed by atoms with Gasteiger partial charge < -0.3 is 20.1 Å². The highest BCUT2D eigenvalue weighted by Gasteiger charge is 2.50. The van der Waals surface area contributed by atoms with Crippen LogP contribution in [-0.4, -0.2) is 55.4 Å². The number of hydrogen-bond acceptors (Lipinski definition) is 5. The number of hydrogen-bond donors (Lipinski definition) is 1. The Morgan fingerprint density at radius 1 is 1.20 bits per heavy atom. The van der Waals surface area contributed by atoms with Gasteiger partial charge in [0.05, 0.1) is 12.7 Å². The van der Waals surface area contributed by atoms with Crippen LogP contribution >= 0.6 is 0 Å². The molecule has 2 N–H and O–H groups in total. The molecular formula is C15H28N2O3. The minimum atomic E-state index is -0.811. The topological polar surface area (TPSA) is 64.8 Å². The zero-order chi connectivity index (χ0) is 14.6. The first-order valence-corrected chi connectivity index (χ1v) is 7.90. The molecule has 1 saturated heterocycles. The van der Waals surface area contributed by atoms with Crippen LogP contribution in [0.2, 0.25) is 0 Å². The molecule has 2 rings (SSSR count). The molecule has 5 heteroatoms. The van der Waals surface area contributed by atoms with Gasteiger partial charge in [0, 0.05) is 26.2 Å². The summed E-state index contributed by atoms with van der Waals surface area (Å²) in [5.41, 5.74) is 5.60. The van der Waals surface area contributed by atoms with Gasteiger partial charge in [0.25, 0.3) is 0 Å². The van der Waals surface area contributed by atoms with Gasteiger partial charge in [-0.15, -0.1) is 0 Å². The van der Waals surface area contributed by atoms with Crippen molar-refractivity contribution in [1.82, 2.24) is 4.90 Å². The van der Waals surface area contributed by atoms with Crippen LogP contribution in [0.25, 0.3) is 0 Å². The van der Waals surface area contributed by atoms with Crippen LogP contribution < -0.4 is 5.73 Å². The van der Waals surface area contributed by atoms with Gasteiger partial charge in [-0.1, -0.05) is 0 Å². The molecule has 1 aliphatic carbocycles. The normalized spacial score (nSPS) is 24.4. The molecule has 2 fully saturated rings. The number of nitrogens with two attached hydrogens (primary N) is 1. The summed E-state index contributed by atoms with van der Waals surface area (Å²) in [5.74, 6) is 0.0700. The molecule has 0 spiro atoms. The smallest absolute Gasteiger partial charge is 0.327 e. The number of piperidine rings is 1. The Kier molecular flexibility index (Phi) is 5.41. The van der Waals surface area contributed by atoms with Gasteiger partial charge in [-0.25, -0.2) is 4.79 Å². The lowest BCUT2D eigenvalue weighted by molar-refractivity contribution is -0.151. The van der Waals surface area contributed by atoms with Gasteiger partial charge >= 0.3 is 5.97 Å². The van der Waals surface area contributed by atoms with E-state index in [9.17, 15) is 4.79 Å². The van der Waals surface area contributed by atoms with Crippen LogP contribution in [0.3, 0.4) is 0 Å². The Morgan fingerprint density at radius 3 is 2.35 bits per heavy atom. The van der Waals surface area contributed by atoms with Crippen molar-refractivity contribution in [3.8, 4) is 0 Å². The van der Waals surface area contributed by atoms with Crippen molar-refractivity contribution in [3.63, 3.8) is 0 Å². The zero-order valence-corrected chi connectivity index (χ0v) is 12.8. The van der Waals surface area contributed by atoms with E-state index in [1.165, 1.54) is 0 Å². The molecule has 1 aliphatic heterocycles. The summed E-state index contributed by atoms with van der Waals surface area (Å²) in [6, 6.07) is 0. The van der Waals surface area contributed by atoms with Crippen LogP contribution in [0.1, 0.15) is 39.5 Å². The van der Waals surface area contributed by atoms with E-state index in [0.717, 1.165) is 45.4 Å². The summed E-state index contributed by atoms with van der Waals surface area (Å²) in [6.45, 7) is 7.57. The minimum absolute atomic E-state index is 0.227. The Bertz CT molecular complexity index is 325. The van der Waals surface area contributed by atoms with Crippen LogP contribution in [-0.2, 0) is 14.3 Å². The van der Waals surface area contributed by atoms with Crippen molar-refractivity contribution >= 4 is 5.97 Å². The van der Waals surface area contributed by atoms with Gasteiger partial charge in [-0.2, -0.15) is 0 Å². The average molecular weight is 284 g/mol. The van der Waals surface area contributed by atoms with Crippen molar-refractivity contribution in [2.75, 3.05) is 32.8 Å². The van der Waals surface area contributed by atoms with Crippen LogP contribution in [0.4, 0.5) is 0 Å². The van der Waals surface area contributed by atoms with Crippen molar-refractivity contribution < 1.29 is 14.3 Å². The molecule has 116 valence electrons. The molecule has 20 heavy (non-hydrogen) atoms. The van der Waals surface area contributed by atoms with Crippen molar-refractivity contribution in [2.24, 2.45) is 11.7 Å².